The predicted octanol–water partition coefficient (Wildman–Crippen LogP) is 1.77. The summed E-state index contributed by atoms with van der Waals surface area (Å²) in [6.45, 7) is 2.04. The number of aromatic nitrogens is 1. The fourth-order valence-electron chi connectivity index (χ4n) is 3.17. The number of rotatable bonds is 7. The molecule has 0 saturated carbocycles. The summed E-state index contributed by atoms with van der Waals surface area (Å²) in [6.07, 6.45) is 2.78. The van der Waals surface area contributed by atoms with E-state index in [4.69, 9.17) is 0 Å². The molecule has 3 rings (SSSR count). The van der Waals surface area contributed by atoms with Crippen molar-refractivity contribution in [1.29, 1.82) is 0 Å². The van der Waals surface area contributed by atoms with Gasteiger partial charge in [-0.1, -0.05) is 12.1 Å². The van der Waals surface area contributed by atoms with Gasteiger partial charge in [-0.05, 0) is 38.3 Å². The highest BCUT2D eigenvalue weighted by molar-refractivity contribution is 7.91. The number of fused-ring (bicyclic) bond motifs is 1. The van der Waals surface area contributed by atoms with E-state index in [1.54, 1.807) is 18.3 Å². The number of thiazole rings is 1. The molecule has 1 fully saturated rings. The van der Waals surface area contributed by atoms with Crippen molar-refractivity contribution in [2.24, 2.45) is 0 Å². The molecule has 2 amide bonds. The van der Waals surface area contributed by atoms with Crippen LogP contribution in [0.4, 0.5) is 0 Å². The van der Waals surface area contributed by atoms with Crippen LogP contribution in [0.3, 0.4) is 0 Å². The molecule has 28 heavy (non-hydrogen) atoms. The van der Waals surface area contributed by atoms with Crippen LogP contribution in [-0.2, 0) is 25.8 Å². The van der Waals surface area contributed by atoms with Crippen LogP contribution in [0.2, 0.25) is 0 Å². The lowest BCUT2D eigenvalue weighted by Gasteiger charge is -2.29. The zero-order valence-corrected chi connectivity index (χ0v) is 17.5. The van der Waals surface area contributed by atoms with E-state index in [0.717, 1.165) is 29.8 Å². The van der Waals surface area contributed by atoms with E-state index in [9.17, 15) is 18.0 Å². The van der Waals surface area contributed by atoms with Gasteiger partial charge in [-0.25, -0.2) is 13.4 Å². The summed E-state index contributed by atoms with van der Waals surface area (Å²) in [5.74, 6) is -0.399. The summed E-state index contributed by atoms with van der Waals surface area (Å²) in [5, 5.41) is 3.80. The Bertz CT molecular complexity index is 908. The molecule has 0 radical (unpaired) electrons. The van der Waals surface area contributed by atoms with Crippen molar-refractivity contribution in [2.45, 2.75) is 38.6 Å². The normalized spacial score (nSPS) is 17.4. The Hall–Kier alpha value is -2.00. The number of amides is 2. The van der Waals surface area contributed by atoms with Gasteiger partial charge in [0.2, 0.25) is 11.8 Å². The zero-order valence-electron chi connectivity index (χ0n) is 15.9. The molecule has 2 heterocycles. The molecule has 9 heteroatoms. The van der Waals surface area contributed by atoms with Crippen LogP contribution >= 0.6 is 11.3 Å². The van der Waals surface area contributed by atoms with Crippen LogP contribution in [0.1, 0.15) is 31.2 Å². The van der Waals surface area contributed by atoms with Gasteiger partial charge in [-0.3, -0.25) is 9.59 Å². The minimum atomic E-state index is -3.03. The molecule has 7 nitrogen and oxygen atoms in total. The molecule has 0 spiro atoms. The van der Waals surface area contributed by atoms with Gasteiger partial charge in [0.1, 0.15) is 6.04 Å². The van der Waals surface area contributed by atoms with Crippen LogP contribution in [0.5, 0.6) is 0 Å². The first-order valence-electron chi connectivity index (χ1n) is 9.47. The van der Waals surface area contributed by atoms with Crippen molar-refractivity contribution in [2.75, 3.05) is 24.6 Å². The predicted molar refractivity (Wildman–Crippen MR) is 110 cm³/mol. The van der Waals surface area contributed by atoms with E-state index >= 15 is 0 Å². The lowest BCUT2D eigenvalue weighted by atomic mass is 10.2. The smallest absolute Gasteiger partial charge is 0.244 e. The number of para-hydroxylation sites is 1. The number of aryl methyl sites for hydroxylation is 1. The average molecular weight is 424 g/mol. The van der Waals surface area contributed by atoms with Crippen molar-refractivity contribution in [3.8, 4) is 0 Å². The maximum atomic E-state index is 12.4. The summed E-state index contributed by atoms with van der Waals surface area (Å²) in [5.41, 5.74) is 1.01. The monoisotopic (exact) mass is 423 g/mol. The first kappa shape index (κ1) is 20.7. The molecule has 1 aromatic carbocycles. The first-order chi connectivity index (χ1) is 13.3. The number of nitrogens with one attached hydrogen (secondary N) is 1. The van der Waals surface area contributed by atoms with Gasteiger partial charge >= 0.3 is 0 Å². The number of hydrogen-bond acceptors (Lipinski definition) is 6. The Labute approximate surface area is 169 Å². The minimum Gasteiger partial charge on any atom is -0.345 e. The molecule has 1 N–H and O–H groups in total. The molecule has 0 aliphatic carbocycles. The maximum absolute atomic E-state index is 12.4. The number of carbonyl (C=O) groups excluding carboxylic acids is 2. The van der Waals surface area contributed by atoms with Gasteiger partial charge in [0, 0.05) is 19.5 Å². The first-order valence-corrected chi connectivity index (χ1v) is 12.1. The summed E-state index contributed by atoms with van der Waals surface area (Å²) >= 11 is 1.68. The lowest BCUT2D eigenvalue weighted by molar-refractivity contribution is -0.135. The van der Waals surface area contributed by atoms with Crippen molar-refractivity contribution in [3.63, 3.8) is 0 Å². The Balaban J connectivity index is 1.37. The molecule has 1 aliphatic heterocycles. The van der Waals surface area contributed by atoms with E-state index in [2.05, 4.69) is 16.4 Å². The Kier molecular flexibility index (Phi) is 6.66. The van der Waals surface area contributed by atoms with Gasteiger partial charge in [-0.2, -0.15) is 0 Å². The number of sulfone groups is 1. The topological polar surface area (TPSA) is 96.4 Å². The fourth-order valence-corrected chi connectivity index (χ4v) is 5.38. The summed E-state index contributed by atoms with van der Waals surface area (Å²) in [4.78, 5) is 30.6. The quantitative estimate of drug-likeness (QED) is 0.685. The van der Waals surface area contributed by atoms with E-state index in [1.165, 1.54) is 9.60 Å². The maximum Gasteiger partial charge on any atom is 0.244 e. The van der Waals surface area contributed by atoms with Crippen LogP contribution in [0.25, 0.3) is 10.2 Å². The van der Waals surface area contributed by atoms with E-state index in [-0.39, 0.29) is 36.4 Å². The molecule has 1 saturated heterocycles. The number of nitrogens with zero attached hydrogens (tertiary/aromatic N) is 2. The van der Waals surface area contributed by atoms with Crippen LogP contribution in [-0.4, -0.2) is 60.8 Å². The second-order valence-corrected chi connectivity index (χ2v) is 10.5. The summed E-state index contributed by atoms with van der Waals surface area (Å²) in [6, 6.07) is 7.39. The number of unbranched alkanes of at least 4 members (excludes halogenated alkanes) is 1. The average Bonchev–Trinajstić information content (AvgIpc) is 3.07. The third-order valence-electron chi connectivity index (χ3n) is 4.79. The van der Waals surface area contributed by atoms with Gasteiger partial charge < -0.3 is 10.2 Å². The Morgan fingerprint density at radius 1 is 1.21 bits per heavy atom. The van der Waals surface area contributed by atoms with Gasteiger partial charge in [0.15, 0.2) is 9.84 Å². The molecular formula is C19H25N3O4S2. The molecule has 1 aromatic heterocycles. The number of carbonyl (C=O) groups is 2. The third-order valence-corrected chi connectivity index (χ3v) is 7.49. The largest absolute Gasteiger partial charge is 0.345 e. The van der Waals surface area contributed by atoms with Crippen LogP contribution in [0.15, 0.2) is 24.3 Å². The van der Waals surface area contributed by atoms with Crippen molar-refractivity contribution < 1.29 is 18.0 Å². The molecule has 1 aliphatic rings. The van der Waals surface area contributed by atoms with E-state index in [1.807, 2.05) is 18.2 Å². The lowest BCUT2D eigenvalue weighted by Crippen LogP contribution is -2.51. The highest BCUT2D eigenvalue weighted by Gasteiger charge is 2.28. The SMILES string of the molecule is CC(NC(=O)CCCCc1nc2ccccc2s1)C(=O)N1CCS(=O)(=O)CC1. The number of benzene rings is 1. The molecule has 2 aromatic rings. The molecular weight excluding hydrogens is 398 g/mol. The fraction of sp³-hybridized carbons (Fsp3) is 0.526. The molecule has 152 valence electrons. The van der Waals surface area contributed by atoms with Gasteiger partial charge in [0.05, 0.1) is 26.7 Å². The van der Waals surface area contributed by atoms with Gasteiger partial charge in [-0.15, -0.1) is 11.3 Å². The van der Waals surface area contributed by atoms with Crippen LogP contribution < -0.4 is 5.32 Å². The third kappa shape index (κ3) is 5.51. The highest BCUT2D eigenvalue weighted by atomic mass is 32.2. The highest BCUT2D eigenvalue weighted by Crippen LogP contribution is 2.22. The van der Waals surface area contributed by atoms with E-state index in [0.29, 0.717) is 6.42 Å². The molecule has 1 unspecified atom stereocenters. The second kappa shape index (κ2) is 9.00. The standard InChI is InChI=1S/C19H25N3O4S2/c1-14(19(24)22-10-12-28(25,26)13-11-22)20-17(23)8-4-5-9-18-21-15-6-2-3-7-16(15)27-18/h2-3,6-7,14H,4-5,8-13H2,1H3,(H,20,23). The van der Waals surface area contributed by atoms with Crippen LogP contribution in [0, 0.1) is 0 Å². The number of hydrogen-bond donors (Lipinski definition) is 1. The molecule has 0 bridgehead atoms. The minimum absolute atomic E-state index is 0.00876. The van der Waals surface area contributed by atoms with E-state index < -0.39 is 15.9 Å². The second-order valence-electron chi connectivity index (χ2n) is 7.05. The van der Waals surface area contributed by atoms with Crippen molar-refractivity contribution in [1.82, 2.24) is 15.2 Å². The Morgan fingerprint density at radius 2 is 1.93 bits per heavy atom. The van der Waals surface area contributed by atoms with Crippen molar-refractivity contribution >= 4 is 43.2 Å². The molecule has 1 atom stereocenters. The van der Waals surface area contributed by atoms with Gasteiger partial charge in [0.25, 0.3) is 0 Å². The van der Waals surface area contributed by atoms with Crippen molar-refractivity contribution in [3.05, 3.63) is 29.3 Å². The summed E-state index contributed by atoms with van der Waals surface area (Å²) < 4.78 is 24.1. The summed E-state index contributed by atoms with van der Waals surface area (Å²) in [7, 11) is -3.03. The zero-order chi connectivity index (χ0) is 20.1. The Morgan fingerprint density at radius 3 is 2.64 bits per heavy atom.